The van der Waals surface area contributed by atoms with Crippen LogP contribution in [-0.4, -0.2) is 109 Å². The molecule has 4 saturated heterocycles. The Morgan fingerprint density at radius 2 is 1.08 bits per heavy atom. The van der Waals surface area contributed by atoms with Gasteiger partial charge in [0.1, 0.15) is 43.2 Å². The fourth-order valence-corrected chi connectivity index (χ4v) is 6.81. The van der Waals surface area contributed by atoms with Crippen LogP contribution in [0.1, 0.15) is 58.8 Å². The fourth-order valence-electron chi connectivity index (χ4n) is 6.81. The topological polar surface area (TPSA) is 164 Å². The molecule has 0 bridgehead atoms. The summed E-state index contributed by atoms with van der Waals surface area (Å²) in [6, 6.07) is 24.5. The van der Waals surface area contributed by atoms with Crippen LogP contribution in [0.2, 0.25) is 0 Å². The number of hydrogen-bond donors (Lipinski definition) is 1. The monoisotopic (exact) mass is 734 g/mol. The summed E-state index contributed by atoms with van der Waals surface area (Å²) in [5, 5.41) is 11.8. The largest absolute Gasteiger partial charge is 0.459 e. The molecule has 14 heteroatoms. The molecule has 4 aliphatic heterocycles. The van der Waals surface area contributed by atoms with Gasteiger partial charge in [-0.05, 0) is 64.1 Å². The molecular weight excluding hydrogens is 692 g/mol. The maximum atomic E-state index is 13.5. The number of carbonyl (C=O) groups excluding carboxylic acids is 3. The zero-order chi connectivity index (χ0) is 37.3. The molecule has 282 valence electrons. The van der Waals surface area contributed by atoms with E-state index >= 15 is 0 Å². The molecule has 0 amide bonds. The van der Waals surface area contributed by atoms with E-state index in [0.29, 0.717) is 0 Å². The zero-order valence-electron chi connectivity index (χ0n) is 29.6. The van der Waals surface area contributed by atoms with Crippen LogP contribution < -0.4 is 0 Å². The second-order valence-corrected chi connectivity index (χ2v) is 14.0. The maximum Gasteiger partial charge on any atom is 0.338 e. The van der Waals surface area contributed by atoms with Gasteiger partial charge in [0, 0.05) is 0 Å². The van der Waals surface area contributed by atoms with Gasteiger partial charge in [-0.2, -0.15) is 0 Å². The van der Waals surface area contributed by atoms with Gasteiger partial charge in [0.15, 0.2) is 36.4 Å². The highest BCUT2D eigenvalue weighted by Gasteiger charge is 2.61. The average Bonchev–Trinajstić information content (AvgIpc) is 3.66. The highest BCUT2D eigenvalue weighted by atomic mass is 16.9. The molecule has 3 aromatic rings. The van der Waals surface area contributed by atoms with E-state index in [1.807, 2.05) is 0 Å². The third-order valence-corrected chi connectivity index (χ3v) is 9.18. The second-order valence-electron chi connectivity index (χ2n) is 14.0. The lowest BCUT2D eigenvalue weighted by Crippen LogP contribution is -2.63. The smallest absolute Gasteiger partial charge is 0.338 e. The predicted molar refractivity (Wildman–Crippen MR) is 181 cm³/mol. The third-order valence-electron chi connectivity index (χ3n) is 9.18. The molecule has 53 heavy (non-hydrogen) atoms. The van der Waals surface area contributed by atoms with Gasteiger partial charge in [-0.1, -0.05) is 54.6 Å². The molecular formula is C39H42O14. The maximum absolute atomic E-state index is 13.5. The van der Waals surface area contributed by atoms with Gasteiger partial charge in [-0.15, -0.1) is 0 Å². The van der Waals surface area contributed by atoms with Crippen molar-refractivity contribution in [3.05, 3.63) is 108 Å². The SMILES string of the molecule is CC1(C)O[C@H]2[C@@H](O1)[C@@H](CO[C@@H]1O[C@H](COC(=O)c3ccccc3)[C@@H](OC(=O)c3ccccc3)[C@H](OC(=O)c3ccccc3)[C@@H]1O)O[C@@H]1OC(C)(C)O[C@@H]12. The molecule has 0 radical (unpaired) electrons. The summed E-state index contributed by atoms with van der Waals surface area (Å²) in [6.07, 6.45) is -10.9. The van der Waals surface area contributed by atoms with Crippen LogP contribution in [0.15, 0.2) is 91.0 Å². The summed E-state index contributed by atoms with van der Waals surface area (Å²) in [5.74, 6) is -4.18. The molecule has 0 spiro atoms. The highest BCUT2D eigenvalue weighted by molar-refractivity contribution is 5.91. The lowest BCUT2D eigenvalue weighted by Gasteiger charge is -2.44. The Labute approximate surface area is 306 Å². The molecule has 10 atom stereocenters. The van der Waals surface area contributed by atoms with Gasteiger partial charge in [-0.25, -0.2) is 14.4 Å². The lowest BCUT2D eigenvalue weighted by atomic mass is 9.97. The number of ether oxygens (including phenoxy) is 10. The molecule has 4 aliphatic rings. The number of aliphatic hydroxyl groups is 1. The molecule has 0 unspecified atom stereocenters. The van der Waals surface area contributed by atoms with E-state index in [9.17, 15) is 19.5 Å². The second kappa shape index (κ2) is 15.2. The van der Waals surface area contributed by atoms with Crippen molar-refractivity contribution in [1.82, 2.24) is 0 Å². The van der Waals surface area contributed by atoms with Crippen molar-refractivity contribution in [3.8, 4) is 0 Å². The van der Waals surface area contributed by atoms with Crippen molar-refractivity contribution in [1.29, 1.82) is 0 Å². The lowest BCUT2D eigenvalue weighted by molar-refractivity contribution is -0.314. The minimum atomic E-state index is -1.70. The van der Waals surface area contributed by atoms with E-state index in [4.69, 9.17) is 47.4 Å². The van der Waals surface area contributed by atoms with Crippen molar-refractivity contribution in [2.24, 2.45) is 0 Å². The van der Waals surface area contributed by atoms with Crippen molar-refractivity contribution in [2.75, 3.05) is 13.2 Å². The Hall–Kier alpha value is -4.25. The number of rotatable bonds is 10. The Bertz CT molecular complexity index is 1730. The summed E-state index contributed by atoms with van der Waals surface area (Å²) >= 11 is 0. The molecule has 4 fully saturated rings. The van der Waals surface area contributed by atoms with Crippen molar-refractivity contribution < 1.29 is 66.9 Å². The van der Waals surface area contributed by atoms with Gasteiger partial charge in [0.2, 0.25) is 0 Å². The number of hydrogen-bond acceptors (Lipinski definition) is 14. The van der Waals surface area contributed by atoms with Gasteiger partial charge in [-0.3, -0.25) is 0 Å². The van der Waals surface area contributed by atoms with E-state index in [1.165, 1.54) is 12.1 Å². The standard InChI is InChI=1S/C39H42O14/c1-38(2)50-29-26(47-37-32(31(29)51-38)52-39(3,4)53-37)21-45-36-27(40)30(49-35(43)24-18-12-7-13-19-24)28(48-34(42)23-16-10-6-11-17-23)25(46-36)20-44-33(41)22-14-8-5-9-15-22/h5-19,25-32,36-37,40H,20-21H2,1-4H3/t25-,26-,27+,28-,29+,30-,31+,32-,36-,37-/m1/s1. The summed E-state index contributed by atoms with van der Waals surface area (Å²) in [6.45, 7) is 6.41. The Balaban J connectivity index is 1.16. The Morgan fingerprint density at radius 3 is 1.66 bits per heavy atom. The van der Waals surface area contributed by atoms with Gasteiger partial charge in [0.25, 0.3) is 0 Å². The molecule has 1 N–H and O–H groups in total. The van der Waals surface area contributed by atoms with E-state index in [-0.39, 0.29) is 23.3 Å². The first-order valence-corrected chi connectivity index (χ1v) is 17.4. The van der Waals surface area contributed by atoms with E-state index in [0.717, 1.165) is 0 Å². The number of fused-ring (bicyclic) bond motifs is 3. The quantitative estimate of drug-likeness (QED) is 0.236. The molecule has 14 nitrogen and oxygen atoms in total. The average molecular weight is 735 g/mol. The first-order chi connectivity index (χ1) is 25.4. The number of benzene rings is 3. The summed E-state index contributed by atoms with van der Waals surface area (Å²) in [5.41, 5.74) is 0.646. The van der Waals surface area contributed by atoms with Gasteiger partial charge >= 0.3 is 17.9 Å². The fraction of sp³-hybridized carbons (Fsp3) is 0.462. The van der Waals surface area contributed by atoms with Gasteiger partial charge in [0.05, 0.1) is 23.3 Å². The summed E-state index contributed by atoms with van der Waals surface area (Å²) < 4.78 is 60.6. The zero-order valence-corrected chi connectivity index (χ0v) is 29.6. The van der Waals surface area contributed by atoms with Crippen LogP contribution in [-0.2, 0) is 47.4 Å². The number of carbonyl (C=O) groups is 3. The normalized spacial score (nSPS) is 32.5. The minimum Gasteiger partial charge on any atom is -0.459 e. The third kappa shape index (κ3) is 8.30. The minimum absolute atomic E-state index is 0.183. The number of aliphatic hydroxyl groups excluding tert-OH is 1. The van der Waals surface area contributed by atoms with Crippen molar-refractivity contribution in [3.63, 3.8) is 0 Å². The number of esters is 3. The Morgan fingerprint density at radius 1 is 0.585 bits per heavy atom. The van der Waals surface area contributed by atoms with Crippen molar-refractivity contribution >= 4 is 17.9 Å². The highest BCUT2D eigenvalue weighted by Crippen LogP contribution is 2.44. The van der Waals surface area contributed by atoms with Crippen LogP contribution in [0.4, 0.5) is 0 Å². The molecule has 0 aromatic heterocycles. The Kier molecular flexibility index (Phi) is 10.7. The van der Waals surface area contributed by atoms with Crippen LogP contribution in [0.3, 0.4) is 0 Å². The summed E-state index contributed by atoms with van der Waals surface area (Å²) in [7, 11) is 0. The van der Waals surface area contributed by atoms with E-state index < -0.39 is 97.5 Å². The first-order valence-electron chi connectivity index (χ1n) is 17.4. The summed E-state index contributed by atoms with van der Waals surface area (Å²) in [4.78, 5) is 39.9. The van der Waals surface area contributed by atoms with Crippen LogP contribution >= 0.6 is 0 Å². The molecule has 7 rings (SSSR count). The predicted octanol–water partition coefficient (Wildman–Crippen LogP) is 3.79. The first kappa shape index (κ1) is 37.1. The molecule has 3 aromatic carbocycles. The molecule has 4 heterocycles. The van der Waals surface area contributed by atoms with Crippen LogP contribution in [0.5, 0.6) is 0 Å². The molecule has 0 saturated carbocycles. The molecule has 0 aliphatic carbocycles. The van der Waals surface area contributed by atoms with Gasteiger partial charge < -0.3 is 52.5 Å². The van der Waals surface area contributed by atoms with E-state index in [2.05, 4.69) is 0 Å². The van der Waals surface area contributed by atoms with Crippen LogP contribution in [0, 0.1) is 0 Å². The van der Waals surface area contributed by atoms with Crippen LogP contribution in [0.25, 0.3) is 0 Å². The van der Waals surface area contributed by atoms with E-state index in [1.54, 1.807) is 107 Å². The van der Waals surface area contributed by atoms with Crippen molar-refractivity contribution in [2.45, 2.75) is 101 Å².